The Morgan fingerprint density at radius 3 is 2.92 bits per heavy atom. The van der Waals surface area contributed by atoms with Crippen molar-refractivity contribution in [2.45, 2.75) is 19.6 Å². The number of hydrogen-bond acceptors (Lipinski definition) is 5. The van der Waals surface area contributed by atoms with Gasteiger partial charge in [0.05, 0.1) is 5.69 Å². The molecule has 1 unspecified atom stereocenters. The minimum atomic E-state index is -0.784. The van der Waals surface area contributed by atoms with Crippen molar-refractivity contribution in [2.75, 3.05) is 6.54 Å². The highest BCUT2D eigenvalue weighted by Gasteiger charge is 2.13. The maximum Gasteiger partial charge on any atom is 0.267 e. The van der Waals surface area contributed by atoms with Gasteiger partial charge in [0.1, 0.15) is 12.6 Å². The second kappa shape index (κ2) is 6.94. The first kappa shape index (κ1) is 16.4. The zero-order valence-corrected chi connectivity index (χ0v) is 13.9. The Kier molecular flexibility index (Phi) is 4.73. The molecule has 0 bridgehead atoms. The number of aromatic nitrogens is 2. The van der Waals surface area contributed by atoms with E-state index in [1.165, 1.54) is 17.4 Å². The summed E-state index contributed by atoms with van der Waals surface area (Å²) in [7, 11) is 0. The Balaban J connectivity index is 1.61. The predicted molar refractivity (Wildman–Crippen MR) is 93.0 cm³/mol. The quantitative estimate of drug-likeness (QED) is 0.737. The zero-order valence-electron chi connectivity index (χ0n) is 13.1. The monoisotopic (exact) mass is 343 g/mol. The average Bonchev–Trinajstić information content (AvgIpc) is 3.00. The molecule has 24 heavy (non-hydrogen) atoms. The van der Waals surface area contributed by atoms with Gasteiger partial charge < -0.3 is 10.4 Å². The van der Waals surface area contributed by atoms with Crippen molar-refractivity contribution in [3.63, 3.8) is 0 Å². The minimum absolute atomic E-state index is 0.0895. The third-order valence-electron chi connectivity index (χ3n) is 3.56. The van der Waals surface area contributed by atoms with Crippen LogP contribution in [0, 0.1) is 6.92 Å². The molecule has 3 aromatic rings. The second-order valence-corrected chi connectivity index (χ2v) is 6.59. The molecule has 0 saturated heterocycles. The highest BCUT2D eigenvalue weighted by Crippen LogP contribution is 2.29. The number of carbonyl (C=O) groups excluding carboxylic acids is 1. The molecule has 0 fully saturated rings. The number of fused-ring (bicyclic) bond motifs is 1. The topological polar surface area (TPSA) is 84.2 Å². The first-order chi connectivity index (χ1) is 11.5. The molecule has 7 heteroatoms. The Labute approximate surface area is 142 Å². The molecule has 3 rings (SSSR count). The summed E-state index contributed by atoms with van der Waals surface area (Å²) in [6, 6.07) is 12.8. The van der Waals surface area contributed by atoms with Crippen molar-refractivity contribution in [3.8, 4) is 0 Å². The average molecular weight is 343 g/mol. The number of carbonyl (C=O) groups is 1. The van der Waals surface area contributed by atoms with E-state index in [0.717, 1.165) is 19.6 Å². The number of nitrogens with zero attached hydrogens (tertiary/aromatic N) is 2. The summed E-state index contributed by atoms with van der Waals surface area (Å²) >= 11 is 1.50. The molecule has 0 spiro atoms. The van der Waals surface area contributed by atoms with Crippen LogP contribution < -0.4 is 10.9 Å². The van der Waals surface area contributed by atoms with Crippen molar-refractivity contribution in [1.82, 2.24) is 15.1 Å². The molecule has 0 saturated carbocycles. The maximum absolute atomic E-state index is 12.0. The van der Waals surface area contributed by atoms with E-state index in [2.05, 4.69) is 10.4 Å². The third-order valence-corrected chi connectivity index (χ3v) is 4.78. The number of hydrogen-bond donors (Lipinski definition) is 2. The Morgan fingerprint density at radius 2 is 2.12 bits per heavy atom. The number of aryl methyl sites for hydroxylation is 1. The first-order valence-electron chi connectivity index (χ1n) is 7.51. The van der Waals surface area contributed by atoms with Gasteiger partial charge in [-0.05, 0) is 30.5 Å². The highest BCUT2D eigenvalue weighted by atomic mass is 32.1. The van der Waals surface area contributed by atoms with E-state index >= 15 is 0 Å². The standard InChI is InChI=1S/C17H17N3O3S/c1-11-6-7-17(23)20(19-11)10-16(22)18-9-13(21)15-8-12-4-2-3-5-14(12)24-15/h2-8,13,21H,9-10H2,1H3,(H,18,22). The summed E-state index contributed by atoms with van der Waals surface area (Å²) in [5, 5.41) is 18.0. The molecule has 1 atom stereocenters. The summed E-state index contributed by atoms with van der Waals surface area (Å²) in [5.74, 6) is -0.365. The predicted octanol–water partition coefficient (Wildman–Crippen LogP) is 1.62. The van der Waals surface area contributed by atoms with Crippen LogP contribution in [0.3, 0.4) is 0 Å². The van der Waals surface area contributed by atoms with Crippen molar-refractivity contribution < 1.29 is 9.90 Å². The third kappa shape index (κ3) is 3.69. The van der Waals surface area contributed by atoms with E-state index < -0.39 is 6.10 Å². The molecule has 6 nitrogen and oxygen atoms in total. The van der Waals surface area contributed by atoms with Crippen LogP contribution in [0.15, 0.2) is 47.3 Å². The smallest absolute Gasteiger partial charge is 0.267 e. The lowest BCUT2D eigenvalue weighted by molar-refractivity contribution is -0.122. The molecular weight excluding hydrogens is 326 g/mol. The van der Waals surface area contributed by atoms with E-state index in [-0.39, 0.29) is 24.6 Å². The molecule has 0 aliphatic rings. The fourth-order valence-corrected chi connectivity index (χ4v) is 3.38. The van der Waals surface area contributed by atoms with Gasteiger partial charge in [-0.25, -0.2) is 4.68 Å². The summed E-state index contributed by atoms with van der Waals surface area (Å²) in [6.45, 7) is 1.67. The van der Waals surface area contributed by atoms with Crippen molar-refractivity contribution >= 4 is 27.3 Å². The lowest BCUT2D eigenvalue weighted by Gasteiger charge is -2.10. The number of aliphatic hydroxyl groups excluding tert-OH is 1. The van der Waals surface area contributed by atoms with Gasteiger partial charge in [0.2, 0.25) is 5.91 Å². The number of rotatable bonds is 5. The number of amides is 1. The molecule has 0 radical (unpaired) electrons. The maximum atomic E-state index is 12.0. The van der Waals surface area contributed by atoms with Gasteiger partial charge in [-0.1, -0.05) is 18.2 Å². The number of thiophene rings is 1. The van der Waals surface area contributed by atoms with Crippen LogP contribution in [-0.4, -0.2) is 27.3 Å². The molecule has 124 valence electrons. The van der Waals surface area contributed by atoms with Crippen LogP contribution in [0.4, 0.5) is 0 Å². The molecule has 0 aliphatic heterocycles. The van der Waals surface area contributed by atoms with Crippen LogP contribution in [-0.2, 0) is 11.3 Å². The minimum Gasteiger partial charge on any atom is -0.386 e. The van der Waals surface area contributed by atoms with E-state index in [0.29, 0.717) is 5.69 Å². The molecule has 2 heterocycles. The van der Waals surface area contributed by atoms with Gasteiger partial charge in [0, 0.05) is 22.2 Å². The fourth-order valence-electron chi connectivity index (χ4n) is 2.33. The SMILES string of the molecule is Cc1ccc(=O)n(CC(=O)NCC(O)c2cc3ccccc3s2)n1. The van der Waals surface area contributed by atoms with E-state index in [1.807, 2.05) is 30.3 Å². The lowest BCUT2D eigenvalue weighted by atomic mass is 10.2. The molecule has 0 aliphatic carbocycles. The van der Waals surface area contributed by atoms with Crippen LogP contribution in [0.1, 0.15) is 16.7 Å². The molecule has 2 N–H and O–H groups in total. The van der Waals surface area contributed by atoms with Crippen LogP contribution in [0.5, 0.6) is 0 Å². The summed E-state index contributed by atoms with van der Waals surface area (Å²) in [4.78, 5) is 24.4. The van der Waals surface area contributed by atoms with Crippen LogP contribution in [0.2, 0.25) is 0 Å². The summed E-state index contributed by atoms with van der Waals surface area (Å²) in [5.41, 5.74) is 0.327. The van der Waals surface area contributed by atoms with Crippen LogP contribution >= 0.6 is 11.3 Å². The van der Waals surface area contributed by atoms with Crippen molar-refractivity contribution in [3.05, 3.63) is 63.4 Å². The van der Waals surface area contributed by atoms with Crippen molar-refractivity contribution in [1.29, 1.82) is 0 Å². The van der Waals surface area contributed by atoms with Gasteiger partial charge >= 0.3 is 0 Å². The van der Waals surface area contributed by atoms with Gasteiger partial charge in [-0.3, -0.25) is 9.59 Å². The Morgan fingerprint density at radius 1 is 1.33 bits per heavy atom. The molecule has 1 aromatic carbocycles. The van der Waals surface area contributed by atoms with Gasteiger partial charge in [0.25, 0.3) is 5.56 Å². The largest absolute Gasteiger partial charge is 0.386 e. The normalized spacial score (nSPS) is 12.2. The second-order valence-electron chi connectivity index (χ2n) is 5.48. The summed E-state index contributed by atoms with van der Waals surface area (Å²) < 4.78 is 2.20. The first-order valence-corrected chi connectivity index (χ1v) is 8.32. The number of nitrogens with one attached hydrogen (secondary N) is 1. The Bertz CT molecular complexity index is 899. The lowest BCUT2D eigenvalue weighted by Crippen LogP contribution is -2.35. The number of benzene rings is 1. The van der Waals surface area contributed by atoms with E-state index in [1.54, 1.807) is 13.0 Å². The molecule has 1 amide bonds. The molecule has 2 aromatic heterocycles. The summed E-state index contributed by atoms with van der Waals surface area (Å²) in [6.07, 6.45) is -0.784. The van der Waals surface area contributed by atoms with E-state index in [4.69, 9.17) is 0 Å². The number of aliphatic hydroxyl groups is 1. The van der Waals surface area contributed by atoms with Gasteiger partial charge in [0.15, 0.2) is 0 Å². The highest BCUT2D eigenvalue weighted by molar-refractivity contribution is 7.19. The van der Waals surface area contributed by atoms with Crippen LogP contribution in [0.25, 0.3) is 10.1 Å². The Hall–Kier alpha value is -2.51. The zero-order chi connectivity index (χ0) is 17.1. The van der Waals surface area contributed by atoms with Gasteiger partial charge in [-0.15, -0.1) is 11.3 Å². The fraction of sp³-hybridized carbons (Fsp3) is 0.235. The van der Waals surface area contributed by atoms with Crippen molar-refractivity contribution in [2.24, 2.45) is 0 Å². The van der Waals surface area contributed by atoms with E-state index in [9.17, 15) is 14.7 Å². The van der Waals surface area contributed by atoms with Gasteiger partial charge in [-0.2, -0.15) is 5.10 Å². The molecular formula is C17H17N3O3S.